The van der Waals surface area contributed by atoms with Gasteiger partial charge in [-0.3, -0.25) is 0 Å². The van der Waals surface area contributed by atoms with Crippen molar-refractivity contribution in [2.24, 2.45) is 5.92 Å². The van der Waals surface area contributed by atoms with E-state index < -0.39 is 6.10 Å². The van der Waals surface area contributed by atoms with E-state index in [1.54, 1.807) is 13.1 Å². The van der Waals surface area contributed by atoms with E-state index in [-0.39, 0.29) is 0 Å². The number of nitrogens with zero attached hydrogens (tertiary/aromatic N) is 2. The molecular weight excluding hydrogens is 176 g/mol. The molecule has 14 heavy (non-hydrogen) atoms. The average Bonchev–Trinajstić information content (AvgIpc) is 2.01. The molecule has 0 aliphatic heterocycles. The Hall–Kier alpha value is -0.960. The lowest BCUT2D eigenvalue weighted by molar-refractivity contribution is 0.197. The maximum Gasteiger partial charge on any atom is 0.128 e. The van der Waals surface area contributed by atoms with Crippen LogP contribution in [-0.4, -0.2) is 15.1 Å². The Labute approximate surface area is 85.2 Å². The van der Waals surface area contributed by atoms with Crippen LogP contribution in [0.3, 0.4) is 0 Å². The third-order valence-electron chi connectivity index (χ3n) is 2.11. The normalized spacial score (nSPS) is 13.3. The second-order valence-electron chi connectivity index (χ2n) is 4.10. The first-order valence-corrected chi connectivity index (χ1v) is 5.01. The van der Waals surface area contributed by atoms with Gasteiger partial charge < -0.3 is 5.11 Å². The van der Waals surface area contributed by atoms with Gasteiger partial charge in [0.05, 0.1) is 6.10 Å². The van der Waals surface area contributed by atoms with Gasteiger partial charge in [0.25, 0.3) is 0 Å². The molecule has 3 nitrogen and oxygen atoms in total. The lowest BCUT2D eigenvalue weighted by Gasteiger charge is -2.09. The summed E-state index contributed by atoms with van der Waals surface area (Å²) in [6, 6.07) is 0. The fourth-order valence-electron chi connectivity index (χ4n) is 1.40. The van der Waals surface area contributed by atoms with Gasteiger partial charge >= 0.3 is 0 Å². The third kappa shape index (κ3) is 2.77. The SMILES string of the molecule is Cc1nc(CC(C)C)ncc1[C@@H](C)O. The van der Waals surface area contributed by atoms with E-state index in [1.165, 1.54) is 0 Å². The topological polar surface area (TPSA) is 46.0 Å². The monoisotopic (exact) mass is 194 g/mol. The molecule has 0 bridgehead atoms. The summed E-state index contributed by atoms with van der Waals surface area (Å²) < 4.78 is 0. The predicted molar refractivity (Wildman–Crippen MR) is 55.9 cm³/mol. The van der Waals surface area contributed by atoms with Gasteiger partial charge in [0.1, 0.15) is 5.82 Å². The van der Waals surface area contributed by atoms with Crippen molar-refractivity contribution < 1.29 is 5.11 Å². The zero-order valence-electron chi connectivity index (χ0n) is 9.28. The predicted octanol–water partition coefficient (Wildman–Crippen LogP) is 2.04. The first-order valence-electron chi connectivity index (χ1n) is 5.01. The molecule has 0 saturated carbocycles. The molecule has 1 N–H and O–H groups in total. The number of aliphatic hydroxyl groups is 1. The maximum atomic E-state index is 9.40. The minimum atomic E-state index is -0.483. The van der Waals surface area contributed by atoms with Crippen molar-refractivity contribution in [2.45, 2.75) is 40.2 Å². The number of rotatable bonds is 3. The molecule has 0 spiro atoms. The van der Waals surface area contributed by atoms with Crippen molar-refractivity contribution in [1.29, 1.82) is 0 Å². The molecule has 0 aliphatic carbocycles. The smallest absolute Gasteiger partial charge is 0.128 e. The van der Waals surface area contributed by atoms with Crippen molar-refractivity contribution in [3.8, 4) is 0 Å². The maximum absolute atomic E-state index is 9.40. The zero-order chi connectivity index (χ0) is 10.7. The molecule has 1 aromatic heterocycles. The average molecular weight is 194 g/mol. The van der Waals surface area contributed by atoms with Crippen LogP contribution in [0.4, 0.5) is 0 Å². The van der Waals surface area contributed by atoms with Gasteiger partial charge in [-0.1, -0.05) is 13.8 Å². The summed E-state index contributed by atoms with van der Waals surface area (Å²) in [4.78, 5) is 8.59. The van der Waals surface area contributed by atoms with Crippen LogP contribution in [0, 0.1) is 12.8 Å². The highest BCUT2D eigenvalue weighted by Gasteiger charge is 2.08. The summed E-state index contributed by atoms with van der Waals surface area (Å²) in [5.74, 6) is 1.42. The Morgan fingerprint density at radius 3 is 2.43 bits per heavy atom. The Bertz CT molecular complexity index is 308. The molecule has 1 aromatic rings. The molecule has 0 aliphatic rings. The van der Waals surface area contributed by atoms with Gasteiger partial charge in [0.2, 0.25) is 0 Å². The van der Waals surface area contributed by atoms with E-state index in [4.69, 9.17) is 0 Å². The molecular formula is C11H18N2O. The zero-order valence-corrected chi connectivity index (χ0v) is 9.28. The number of hydrogen-bond acceptors (Lipinski definition) is 3. The van der Waals surface area contributed by atoms with E-state index in [0.717, 1.165) is 23.5 Å². The molecule has 0 fully saturated rings. The largest absolute Gasteiger partial charge is 0.389 e. The van der Waals surface area contributed by atoms with Gasteiger partial charge in [0.15, 0.2) is 0 Å². The van der Waals surface area contributed by atoms with E-state index >= 15 is 0 Å². The van der Waals surface area contributed by atoms with Crippen LogP contribution in [-0.2, 0) is 6.42 Å². The van der Waals surface area contributed by atoms with Gasteiger partial charge in [-0.05, 0) is 19.8 Å². The summed E-state index contributed by atoms with van der Waals surface area (Å²) in [5.41, 5.74) is 1.70. The van der Waals surface area contributed by atoms with Crippen LogP contribution >= 0.6 is 0 Å². The van der Waals surface area contributed by atoms with Crippen LogP contribution in [0.1, 0.15) is 44.0 Å². The first kappa shape index (κ1) is 11.1. The van der Waals surface area contributed by atoms with Crippen LogP contribution in [0.2, 0.25) is 0 Å². The number of aromatic nitrogens is 2. The molecule has 0 amide bonds. The number of aliphatic hydroxyl groups excluding tert-OH is 1. The third-order valence-corrected chi connectivity index (χ3v) is 2.11. The fraction of sp³-hybridized carbons (Fsp3) is 0.636. The minimum Gasteiger partial charge on any atom is -0.389 e. The van der Waals surface area contributed by atoms with Crippen LogP contribution < -0.4 is 0 Å². The molecule has 0 saturated heterocycles. The van der Waals surface area contributed by atoms with Crippen LogP contribution in [0.25, 0.3) is 0 Å². The van der Waals surface area contributed by atoms with E-state index in [9.17, 15) is 5.11 Å². The molecule has 1 heterocycles. The summed E-state index contributed by atoms with van der Waals surface area (Å²) in [6.07, 6.45) is 2.13. The minimum absolute atomic E-state index is 0.483. The fourth-order valence-corrected chi connectivity index (χ4v) is 1.40. The number of aryl methyl sites for hydroxylation is 1. The van der Waals surface area contributed by atoms with Crippen molar-refractivity contribution in [3.63, 3.8) is 0 Å². The summed E-state index contributed by atoms with van der Waals surface area (Å²) in [7, 11) is 0. The summed E-state index contributed by atoms with van der Waals surface area (Å²) >= 11 is 0. The number of hydrogen-bond donors (Lipinski definition) is 1. The first-order chi connectivity index (χ1) is 6.50. The lowest BCUT2D eigenvalue weighted by atomic mass is 10.1. The molecule has 78 valence electrons. The van der Waals surface area contributed by atoms with Crippen molar-refractivity contribution in [3.05, 3.63) is 23.3 Å². The van der Waals surface area contributed by atoms with Gasteiger partial charge in [-0.15, -0.1) is 0 Å². The summed E-state index contributed by atoms with van der Waals surface area (Å²) in [6.45, 7) is 7.92. The molecule has 1 rings (SSSR count). The Morgan fingerprint density at radius 1 is 1.36 bits per heavy atom. The van der Waals surface area contributed by atoms with Crippen molar-refractivity contribution in [2.75, 3.05) is 0 Å². The van der Waals surface area contributed by atoms with E-state index in [2.05, 4.69) is 23.8 Å². The highest BCUT2D eigenvalue weighted by Crippen LogP contribution is 2.14. The molecule has 0 aromatic carbocycles. The molecule has 3 heteroatoms. The van der Waals surface area contributed by atoms with Gasteiger partial charge in [0, 0.05) is 23.9 Å². The Balaban J connectivity index is 2.89. The lowest BCUT2D eigenvalue weighted by Crippen LogP contribution is -2.06. The Kier molecular flexibility index (Phi) is 3.58. The molecule has 0 radical (unpaired) electrons. The van der Waals surface area contributed by atoms with Crippen molar-refractivity contribution in [1.82, 2.24) is 9.97 Å². The highest BCUT2D eigenvalue weighted by molar-refractivity contribution is 5.18. The molecule has 0 unspecified atom stereocenters. The van der Waals surface area contributed by atoms with Crippen LogP contribution in [0.5, 0.6) is 0 Å². The quantitative estimate of drug-likeness (QED) is 0.801. The summed E-state index contributed by atoms with van der Waals surface area (Å²) in [5, 5.41) is 9.40. The molecule has 1 atom stereocenters. The highest BCUT2D eigenvalue weighted by atomic mass is 16.3. The van der Waals surface area contributed by atoms with E-state index in [0.29, 0.717) is 5.92 Å². The van der Waals surface area contributed by atoms with Crippen molar-refractivity contribution >= 4 is 0 Å². The second-order valence-corrected chi connectivity index (χ2v) is 4.10. The van der Waals surface area contributed by atoms with Gasteiger partial charge in [-0.25, -0.2) is 9.97 Å². The van der Waals surface area contributed by atoms with E-state index in [1.807, 2.05) is 6.92 Å². The second kappa shape index (κ2) is 4.51. The Morgan fingerprint density at radius 2 is 2.00 bits per heavy atom. The van der Waals surface area contributed by atoms with Gasteiger partial charge in [-0.2, -0.15) is 0 Å². The standard InChI is InChI=1S/C11H18N2O/c1-7(2)5-11-12-6-10(9(4)14)8(3)13-11/h6-7,9,14H,5H2,1-4H3/t9-/m1/s1. The van der Waals surface area contributed by atoms with Crippen LogP contribution in [0.15, 0.2) is 6.20 Å².